The largest absolute Gasteiger partial charge is 0.425 e. The van der Waals surface area contributed by atoms with Gasteiger partial charge in [0.25, 0.3) is 0 Å². The zero-order valence-corrected chi connectivity index (χ0v) is 7.55. The van der Waals surface area contributed by atoms with Crippen LogP contribution in [0, 0.1) is 0 Å². The van der Waals surface area contributed by atoms with Gasteiger partial charge in [0.1, 0.15) is 0 Å². The Hall–Kier alpha value is -0.570. The first-order valence-corrected chi connectivity index (χ1v) is 4.82. The molecule has 1 fully saturated rings. The Morgan fingerprint density at radius 3 is 2.83 bits per heavy atom. The maximum atomic E-state index is 5.54. The average Bonchev–Trinajstić information content (AvgIpc) is 2.34. The molecule has 0 saturated heterocycles. The maximum Gasteiger partial charge on any atom is 0.219 e. The minimum absolute atomic E-state index is 0.529. The number of aryl methyl sites for hydroxylation is 1. The number of hydrogen-bond acceptors (Lipinski definition) is 3. The van der Waals surface area contributed by atoms with Gasteiger partial charge in [0.2, 0.25) is 11.8 Å². The molecule has 0 aliphatic heterocycles. The molecule has 3 nitrogen and oxygen atoms in total. The summed E-state index contributed by atoms with van der Waals surface area (Å²) in [6, 6.07) is 0. The fraction of sp³-hybridized carbons (Fsp3) is 0.750. The Kier molecular flexibility index (Phi) is 2.30. The van der Waals surface area contributed by atoms with Gasteiger partial charge in [0, 0.05) is 18.2 Å². The molecule has 1 heterocycles. The van der Waals surface area contributed by atoms with Crippen molar-refractivity contribution < 1.29 is 4.42 Å². The lowest BCUT2D eigenvalue weighted by atomic mass is 9.85. The Bertz CT molecular complexity index is 257. The molecule has 4 heteroatoms. The Balaban J connectivity index is 2.02. The molecule has 0 N–H and O–H groups in total. The lowest BCUT2D eigenvalue weighted by molar-refractivity contribution is 0.326. The van der Waals surface area contributed by atoms with Gasteiger partial charge in [-0.3, -0.25) is 0 Å². The second kappa shape index (κ2) is 3.44. The standard InChI is InChI=1S/C8H11ClN2O/c9-5-4-7-10-11-8(12-7)6-2-1-3-6/h6H,1-5H2. The SMILES string of the molecule is ClCCc1nnc(C2CCC2)o1. The van der Waals surface area contributed by atoms with Crippen LogP contribution in [0.15, 0.2) is 4.42 Å². The van der Waals surface area contributed by atoms with Crippen molar-refractivity contribution in [3.63, 3.8) is 0 Å². The highest BCUT2D eigenvalue weighted by molar-refractivity contribution is 6.17. The smallest absolute Gasteiger partial charge is 0.219 e. The van der Waals surface area contributed by atoms with Gasteiger partial charge in [-0.15, -0.1) is 21.8 Å². The van der Waals surface area contributed by atoms with Crippen LogP contribution in [0.5, 0.6) is 0 Å². The van der Waals surface area contributed by atoms with Crippen molar-refractivity contribution >= 4 is 11.6 Å². The van der Waals surface area contributed by atoms with Gasteiger partial charge >= 0.3 is 0 Å². The first-order chi connectivity index (χ1) is 5.90. The topological polar surface area (TPSA) is 38.9 Å². The summed E-state index contributed by atoms with van der Waals surface area (Å²) in [7, 11) is 0. The predicted octanol–water partition coefficient (Wildman–Crippen LogP) is 2.12. The molecule has 0 amide bonds. The number of aromatic nitrogens is 2. The van der Waals surface area contributed by atoms with E-state index < -0.39 is 0 Å². The van der Waals surface area contributed by atoms with E-state index in [2.05, 4.69) is 10.2 Å². The zero-order chi connectivity index (χ0) is 8.39. The Labute approximate surface area is 76.1 Å². The molecule has 1 aliphatic rings. The van der Waals surface area contributed by atoms with Gasteiger partial charge in [-0.2, -0.15) is 0 Å². The minimum atomic E-state index is 0.529. The summed E-state index contributed by atoms with van der Waals surface area (Å²) in [5.74, 6) is 2.56. The molecule has 1 aromatic heterocycles. The van der Waals surface area contributed by atoms with Crippen LogP contribution >= 0.6 is 11.6 Å². The number of hydrogen-bond donors (Lipinski definition) is 0. The molecule has 2 rings (SSSR count). The monoisotopic (exact) mass is 186 g/mol. The summed E-state index contributed by atoms with van der Waals surface area (Å²) in [4.78, 5) is 0. The number of nitrogens with zero attached hydrogens (tertiary/aromatic N) is 2. The molecule has 0 spiro atoms. The van der Waals surface area contributed by atoms with Crippen LogP contribution in [0.2, 0.25) is 0 Å². The van der Waals surface area contributed by atoms with Crippen molar-refractivity contribution in [1.29, 1.82) is 0 Å². The maximum absolute atomic E-state index is 5.54. The Morgan fingerprint density at radius 1 is 1.42 bits per heavy atom. The van der Waals surface area contributed by atoms with Crippen molar-refractivity contribution in [2.45, 2.75) is 31.6 Å². The highest BCUT2D eigenvalue weighted by atomic mass is 35.5. The summed E-state index contributed by atoms with van der Waals surface area (Å²) in [5.41, 5.74) is 0. The van der Waals surface area contributed by atoms with Crippen molar-refractivity contribution in [2.75, 3.05) is 5.88 Å². The van der Waals surface area contributed by atoms with E-state index in [0.29, 0.717) is 24.1 Å². The fourth-order valence-corrected chi connectivity index (χ4v) is 1.43. The average molecular weight is 187 g/mol. The summed E-state index contributed by atoms with van der Waals surface area (Å²) >= 11 is 5.54. The van der Waals surface area contributed by atoms with Crippen LogP contribution in [0.25, 0.3) is 0 Å². The quantitative estimate of drug-likeness (QED) is 0.679. The van der Waals surface area contributed by atoms with Crippen molar-refractivity contribution in [3.05, 3.63) is 11.8 Å². The van der Waals surface area contributed by atoms with Crippen LogP contribution < -0.4 is 0 Å². The van der Waals surface area contributed by atoms with Crippen molar-refractivity contribution in [2.24, 2.45) is 0 Å². The van der Waals surface area contributed by atoms with E-state index in [1.165, 1.54) is 19.3 Å². The van der Waals surface area contributed by atoms with Crippen LogP contribution in [0.3, 0.4) is 0 Å². The van der Waals surface area contributed by atoms with Gasteiger partial charge in [0.05, 0.1) is 0 Å². The first-order valence-electron chi connectivity index (χ1n) is 4.28. The molecule has 1 aliphatic carbocycles. The second-order valence-electron chi connectivity index (χ2n) is 3.10. The summed E-state index contributed by atoms with van der Waals surface area (Å²) in [5, 5.41) is 7.89. The molecule has 0 radical (unpaired) electrons. The fourth-order valence-electron chi connectivity index (χ4n) is 1.27. The second-order valence-corrected chi connectivity index (χ2v) is 3.48. The Morgan fingerprint density at radius 2 is 2.25 bits per heavy atom. The highest BCUT2D eigenvalue weighted by Crippen LogP contribution is 2.35. The summed E-state index contributed by atoms with van der Waals surface area (Å²) in [6.07, 6.45) is 4.37. The third-order valence-corrected chi connectivity index (χ3v) is 2.43. The third-order valence-electron chi connectivity index (χ3n) is 2.25. The third kappa shape index (κ3) is 1.46. The van der Waals surface area contributed by atoms with Gasteiger partial charge in [-0.25, -0.2) is 0 Å². The van der Waals surface area contributed by atoms with E-state index in [0.717, 1.165) is 5.89 Å². The van der Waals surface area contributed by atoms with Gasteiger partial charge < -0.3 is 4.42 Å². The van der Waals surface area contributed by atoms with E-state index in [-0.39, 0.29) is 0 Å². The predicted molar refractivity (Wildman–Crippen MR) is 45.3 cm³/mol. The molecule has 0 atom stereocenters. The van der Waals surface area contributed by atoms with E-state index in [4.69, 9.17) is 16.0 Å². The van der Waals surface area contributed by atoms with E-state index in [9.17, 15) is 0 Å². The van der Waals surface area contributed by atoms with Crippen molar-refractivity contribution in [3.8, 4) is 0 Å². The normalized spacial score (nSPS) is 17.8. The minimum Gasteiger partial charge on any atom is -0.425 e. The molecule has 1 aromatic rings. The van der Waals surface area contributed by atoms with Gasteiger partial charge in [0.15, 0.2) is 0 Å². The van der Waals surface area contributed by atoms with Gasteiger partial charge in [-0.05, 0) is 12.8 Å². The zero-order valence-electron chi connectivity index (χ0n) is 6.79. The molecule has 0 aromatic carbocycles. The number of alkyl halides is 1. The van der Waals surface area contributed by atoms with Crippen molar-refractivity contribution in [1.82, 2.24) is 10.2 Å². The molecular weight excluding hydrogens is 176 g/mol. The molecule has 1 saturated carbocycles. The number of halogens is 1. The molecular formula is C8H11ClN2O. The lowest BCUT2D eigenvalue weighted by Crippen LogP contribution is -2.08. The summed E-state index contributed by atoms with van der Waals surface area (Å²) < 4.78 is 5.42. The molecule has 0 bridgehead atoms. The number of rotatable bonds is 3. The van der Waals surface area contributed by atoms with Gasteiger partial charge in [-0.1, -0.05) is 6.42 Å². The first kappa shape index (κ1) is 8.05. The van der Waals surface area contributed by atoms with Crippen LogP contribution in [-0.2, 0) is 6.42 Å². The van der Waals surface area contributed by atoms with E-state index in [1.54, 1.807) is 0 Å². The van der Waals surface area contributed by atoms with Crippen LogP contribution in [0.4, 0.5) is 0 Å². The van der Waals surface area contributed by atoms with Crippen LogP contribution in [0.1, 0.15) is 37.0 Å². The lowest BCUT2D eigenvalue weighted by Gasteiger charge is -2.20. The molecule has 12 heavy (non-hydrogen) atoms. The highest BCUT2D eigenvalue weighted by Gasteiger charge is 2.24. The van der Waals surface area contributed by atoms with Crippen LogP contribution in [-0.4, -0.2) is 16.1 Å². The summed E-state index contributed by atoms with van der Waals surface area (Å²) in [6.45, 7) is 0. The van der Waals surface area contributed by atoms with E-state index >= 15 is 0 Å². The van der Waals surface area contributed by atoms with E-state index in [1.807, 2.05) is 0 Å². The molecule has 66 valence electrons. The molecule has 0 unspecified atom stereocenters.